The minimum Gasteiger partial charge on any atom is -0.370 e. The molecule has 4 nitrogen and oxygen atoms in total. The van der Waals surface area contributed by atoms with Gasteiger partial charge < -0.3 is 10.5 Å². The van der Waals surface area contributed by atoms with Crippen molar-refractivity contribution in [3.8, 4) is 0 Å². The smallest absolute Gasteiger partial charge is 0.0839 e. The molecule has 0 radical (unpaired) electrons. The van der Waals surface area contributed by atoms with E-state index in [0.717, 1.165) is 36.0 Å². The molecule has 1 aromatic carbocycles. The molecule has 2 heterocycles. The van der Waals surface area contributed by atoms with E-state index < -0.39 is 0 Å². The third-order valence-electron chi connectivity index (χ3n) is 3.86. The minimum absolute atomic E-state index is 0.00429. The molecule has 2 N–H and O–H groups in total. The summed E-state index contributed by atoms with van der Waals surface area (Å²) in [5, 5.41) is 5.79. The highest BCUT2D eigenvalue weighted by Crippen LogP contribution is 2.30. The van der Waals surface area contributed by atoms with Crippen LogP contribution in [-0.4, -0.2) is 21.5 Å². The van der Waals surface area contributed by atoms with E-state index in [-0.39, 0.29) is 11.7 Å². The zero-order valence-electron chi connectivity index (χ0n) is 11.6. The molecule has 0 saturated carbocycles. The molecule has 102 valence electrons. The van der Waals surface area contributed by atoms with Gasteiger partial charge in [0.1, 0.15) is 0 Å². The summed E-state index contributed by atoms with van der Waals surface area (Å²) in [5.74, 6) is 0. The van der Waals surface area contributed by atoms with Crippen LogP contribution in [0.25, 0.3) is 10.9 Å². The zero-order valence-corrected chi connectivity index (χ0v) is 11.6. The standard InChI is InChI=1S/C15H21N3O/c1-15(2)8-7-11(19-15)10-18-14-6-4-3-5-12(14)13(9-16)17-18/h3-6,11H,7-10,16H2,1-2H3. The Morgan fingerprint density at radius 1 is 1.42 bits per heavy atom. The molecule has 1 fully saturated rings. The van der Waals surface area contributed by atoms with Crippen molar-refractivity contribution in [1.82, 2.24) is 9.78 Å². The van der Waals surface area contributed by atoms with E-state index in [2.05, 4.69) is 31.1 Å². The summed E-state index contributed by atoms with van der Waals surface area (Å²) >= 11 is 0. The first-order chi connectivity index (χ1) is 9.09. The van der Waals surface area contributed by atoms with Crippen molar-refractivity contribution in [3.63, 3.8) is 0 Å². The second kappa shape index (κ2) is 4.62. The average Bonchev–Trinajstić information content (AvgIpc) is 2.91. The third-order valence-corrected chi connectivity index (χ3v) is 3.86. The molecule has 0 amide bonds. The topological polar surface area (TPSA) is 53.1 Å². The first-order valence-corrected chi connectivity index (χ1v) is 6.91. The fourth-order valence-electron chi connectivity index (χ4n) is 2.89. The summed E-state index contributed by atoms with van der Waals surface area (Å²) < 4.78 is 8.10. The van der Waals surface area contributed by atoms with Crippen LogP contribution in [0.3, 0.4) is 0 Å². The first kappa shape index (κ1) is 12.6. The van der Waals surface area contributed by atoms with Crippen molar-refractivity contribution in [1.29, 1.82) is 0 Å². The molecule has 1 atom stereocenters. The molecular weight excluding hydrogens is 238 g/mol. The van der Waals surface area contributed by atoms with Gasteiger partial charge in [-0.25, -0.2) is 0 Å². The predicted octanol–water partition coefficient (Wildman–Crippen LogP) is 2.45. The molecule has 19 heavy (non-hydrogen) atoms. The van der Waals surface area contributed by atoms with Gasteiger partial charge >= 0.3 is 0 Å². The molecule has 2 aromatic rings. The predicted molar refractivity (Wildman–Crippen MR) is 75.8 cm³/mol. The van der Waals surface area contributed by atoms with Gasteiger partial charge in [0.2, 0.25) is 0 Å². The normalized spacial score (nSPS) is 22.2. The van der Waals surface area contributed by atoms with Gasteiger partial charge in [-0.1, -0.05) is 18.2 Å². The maximum Gasteiger partial charge on any atom is 0.0839 e. The van der Waals surface area contributed by atoms with Crippen LogP contribution >= 0.6 is 0 Å². The molecule has 0 spiro atoms. The van der Waals surface area contributed by atoms with Crippen LogP contribution in [0.15, 0.2) is 24.3 Å². The van der Waals surface area contributed by atoms with Crippen molar-refractivity contribution in [2.45, 2.75) is 51.5 Å². The van der Waals surface area contributed by atoms with Crippen LogP contribution in [0.2, 0.25) is 0 Å². The monoisotopic (exact) mass is 259 g/mol. The summed E-state index contributed by atoms with van der Waals surface area (Å²) in [6.07, 6.45) is 2.46. The number of hydrogen-bond donors (Lipinski definition) is 1. The number of benzene rings is 1. The number of aromatic nitrogens is 2. The lowest BCUT2D eigenvalue weighted by Gasteiger charge is -2.19. The summed E-state index contributed by atoms with van der Waals surface area (Å²) in [4.78, 5) is 0. The fraction of sp³-hybridized carbons (Fsp3) is 0.533. The Bertz CT molecular complexity index is 588. The van der Waals surface area contributed by atoms with Gasteiger partial charge in [0.25, 0.3) is 0 Å². The molecule has 4 heteroatoms. The van der Waals surface area contributed by atoms with Crippen LogP contribution in [-0.2, 0) is 17.8 Å². The summed E-state index contributed by atoms with van der Waals surface area (Å²) in [6.45, 7) is 5.59. The Balaban J connectivity index is 1.89. The molecule has 1 aromatic heterocycles. The molecule has 1 saturated heterocycles. The lowest BCUT2D eigenvalue weighted by molar-refractivity contribution is -0.0225. The van der Waals surface area contributed by atoms with Gasteiger partial charge in [0.05, 0.1) is 29.5 Å². The van der Waals surface area contributed by atoms with Crippen LogP contribution in [0.1, 0.15) is 32.4 Å². The van der Waals surface area contributed by atoms with Crippen LogP contribution in [0, 0.1) is 0 Å². The number of nitrogens with zero attached hydrogens (tertiary/aromatic N) is 2. The van der Waals surface area contributed by atoms with Crippen LogP contribution < -0.4 is 5.73 Å². The van der Waals surface area contributed by atoms with Crippen molar-refractivity contribution >= 4 is 10.9 Å². The van der Waals surface area contributed by atoms with Gasteiger partial charge in [-0.3, -0.25) is 4.68 Å². The van der Waals surface area contributed by atoms with Crippen molar-refractivity contribution in [3.05, 3.63) is 30.0 Å². The lowest BCUT2D eigenvalue weighted by Crippen LogP contribution is -2.23. The van der Waals surface area contributed by atoms with E-state index in [9.17, 15) is 0 Å². The van der Waals surface area contributed by atoms with Crippen molar-refractivity contribution in [2.24, 2.45) is 5.73 Å². The molecule has 1 aliphatic rings. The third kappa shape index (κ3) is 2.38. The van der Waals surface area contributed by atoms with Gasteiger partial charge in [-0.05, 0) is 32.8 Å². The van der Waals surface area contributed by atoms with Crippen molar-refractivity contribution < 1.29 is 4.74 Å². The Labute approximate surface area is 113 Å². The quantitative estimate of drug-likeness (QED) is 0.921. The van der Waals surface area contributed by atoms with Gasteiger partial charge in [0.15, 0.2) is 0 Å². The molecule has 0 aliphatic carbocycles. The van der Waals surface area contributed by atoms with Gasteiger partial charge in [-0.15, -0.1) is 0 Å². The number of rotatable bonds is 3. The Hall–Kier alpha value is -1.39. The van der Waals surface area contributed by atoms with Crippen molar-refractivity contribution in [2.75, 3.05) is 0 Å². The first-order valence-electron chi connectivity index (χ1n) is 6.91. The molecule has 3 rings (SSSR count). The summed E-state index contributed by atoms with van der Waals surface area (Å²) in [5.41, 5.74) is 7.89. The average molecular weight is 259 g/mol. The second-order valence-corrected chi connectivity index (χ2v) is 5.89. The van der Waals surface area contributed by atoms with E-state index in [1.165, 1.54) is 0 Å². The maximum atomic E-state index is 6.05. The van der Waals surface area contributed by atoms with Gasteiger partial charge in [0, 0.05) is 11.9 Å². The fourth-order valence-corrected chi connectivity index (χ4v) is 2.89. The highest BCUT2D eigenvalue weighted by Gasteiger charge is 2.32. The van der Waals surface area contributed by atoms with Gasteiger partial charge in [-0.2, -0.15) is 5.10 Å². The van der Waals surface area contributed by atoms with E-state index >= 15 is 0 Å². The van der Waals surface area contributed by atoms with Crippen LogP contribution in [0.5, 0.6) is 0 Å². The van der Waals surface area contributed by atoms with Crippen LogP contribution in [0.4, 0.5) is 0 Å². The maximum absolute atomic E-state index is 6.05. The second-order valence-electron chi connectivity index (χ2n) is 5.89. The number of nitrogens with two attached hydrogens (primary N) is 1. The molecule has 1 unspecified atom stereocenters. The van der Waals surface area contributed by atoms with E-state index in [0.29, 0.717) is 6.54 Å². The minimum atomic E-state index is 0.00429. The Morgan fingerprint density at radius 3 is 2.89 bits per heavy atom. The number of ether oxygens (including phenoxy) is 1. The highest BCUT2D eigenvalue weighted by atomic mass is 16.5. The van der Waals surface area contributed by atoms with E-state index in [1.54, 1.807) is 0 Å². The Morgan fingerprint density at radius 2 is 2.21 bits per heavy atom. The zero-order chi connectivity index (χ0) is 13.5. The number of hydrogen-bond acceptors (Lipinski definition) is 3. The molecule has 1 aliphatic heterocycles. The lowest BCUT2D eigenvalue weighted by atomic mass is 10.1. The SMILES string of the molecule is CC1(C)CCC(Cn2nc(CN)c3ccccc32)O1. The highest BCUT2D eigenvalue weighted by molar-refractivity contribution is 5.81. The summed E-state index contributed by atoms with van der Waals surface area (Å²) in [7, 11) is 0. The largest absolute Gasteiger partial charge is 0.370 e. The Kier molecular flexibility index (Phi) is 3.07. The molecule has 0 bridgehead atoms. The van der Waals surface area contributed by atoms with E-state index in [1.807, 2.05) is 16.8 Å². The molecular formula is C15H21N3O. The summed E-state index contributed by atoms with van der Waals surface area (Å²) in [6, 6.07) is 8.25. The van der Waals surface area contributed by atoms with E-state index in [4.69, 9.17) is 10.5 Å². The number of para-hydroxylation sites is 1. The number of fused-ring (bicyclic) bond motifs is 1.